The molecule has 2 rings (SSSR count). The van der Waals surface area contributed by atoms with Crippen LogP contribution in [0.25, 0.3) is 0 Å². The van der Waals surface area contributed by atoms with Crippen molar-refractivity contribution in [2.45, 2.75) is 52.4 Å². The molecule has 0 saturated heterocycles. The molecule has 5 heteroatoms. The van der Waals surface area contributed by atoms with Gasteiger partial charge in [-0.05, 0) is 37.0 Å². The monoisotopic (exact) mass is 250 g/mol. The van der Waals surface area contributed by atoms with Gasteiger partial charge in [0.2, 0.25) is 5.95 Å². The van der Waals surface area contributed by atoms with Crippen molar-refractivity contribution in [2.24, 2.45) is 11.3 Å². The van der Waals surface area contributed by atoms with Crippen molar-refractivity contribution in [2.75, 3.05) is 5.73 Å². The zero-order valence-electron chi connectivity index (χ0n) is 11.4. The molecule has 1 aromatic rings. The molecule has 1 aliphatic rings. The average molecular weight is 250 g/mol. The molecule has 0 atom stereocenters. The van der Waals surface area contributed by atoms with Crippen LogP contribution >= 0.6 is 0 Å². The number of aromatic nitrogens is 3. The van der Waals surface area contributed by atoms with Gasteiger partial charge in [-0.2, -0.15) is 9.97 Å². The molecule has 0 radical (unpaired) electrons. The maximum absolute atomic E-state index is 11.3. The zero-order chi connectivity index (χ0) is 13.3. The van der Waals surface area contributed by atoms with E-state index in [-0.39, 0.29) is 5.95 Å². The predicted octanol–water partition coefficient (Wildman–Crippen LogP) is 2.07. The highest BCUT2D eigenvalue weighted by Gasteiger charge is 2.31. The summed E-state index contributed by atoms with van der Waals surface area (Å²) < 4.78 is 0. The summed E-state index contributed by atoms with van der Waals surface area (Å²) in [5.74, 6) is 1.85. The Hall–Kier alpha value is -1.39. The highest BCUT2D eigenvalue weighted by atomic mass is 16.1. The summed E-state index contributed by atoms with van der Waals surface area (Å²) in [4.78, 5) is 21.7. The van der Waals surface area contributed by atoms with Gasteiger partial charge in [-0.3, -0.25) is 4.98 Å². The molecule has 18 heavy (non-hydrogen) atoms. The average Bonchev–Trinajstić information content (AvgIpc) is 2.27. The van der Waals surface area contributed by atoms with Crippen LogP contribution in [0.5, 0.6) is 0 Å². The van der Waals surface area contributed by atoms with E-state index < -0.39 is 5.69 Å². The minimum Gasteiger partial charge on any atom is -0.368 e. The Morgan fingerprint density at radius 1 is 1.17 bits per heavy atom. The molecule has 1 aliphatic carbocycles. The smallest absolute Gasteiger partial charge is 0.349 e. The van der Waals surface area contributed by atoms with Crippen molar-refractivity contribution < 1.29 is 0 Å². The number of nitrogens with two attached hydrogens (primary N) is 1. The van der Waals surface area contributed by atoms with Gasteiger partial charge < -0.3 is 5.73 Å². The van der Waals surface area contributed by atoms with Crippen LogP contribution in [0, 0.1) is 11.3 Å². The van der Waals surface area contributed by atoms with Crippen LogP contribution in [0.3, 0.4) is 0 Å². The SMILES string of the molecule is CC(C)(C)C1CCC(c2nc(N)nc(=O)[nH]2)CC1. The molecule has 1 heterocycles. The number of anilines is 1. The highest BCUT2D eigenvalue weighted by Crippen LogP contribution is 2.42. The molecule has 5 nitrogen and oxygen atoms in total. The molecule has 0 aliphatic heterocycles. The van der Waals surface area contributed by atoms with Gasteiger partial charge in [0.15, 0.2) is 0 Å². The summed E-state index contributed by atoms with van der Waals surface area (Å²) in [7, 11) is 0. The van der Waals surface area contributed by atoms with E-state index in [4.69, 9.17) is 5.73 Å². The molecular formula is C13H22N4O. The van der Waals surface area contributed by atoms with E-state index in [0.29, 0.717) is 17.2 Å². The first kappa shape index (κ1) is 13.1. The van der Waals surface area contributed by atoms with E-state index in [9.17, 15) is 4.79 Å². The number of nitrogens with zero attached hydrogens (tertiary/aromatic N) is 2. The topological polar surface area (TPSA) is 84.7 Å². The van der Waals surface area contributed by atoms with Crippen LogP contribution in [-0.2, 0) is 0 Å². The molecule has 0 unspecified atom stereocenters. The Bertz CT molecular complexity index is 467. The number of hydrogen-bond acceptors (Lipinski definition) is 4. The normalized spacial score (nSPS) is 25.1. The Balaban J connectivity index is 2.08. The maximum Gasteiger partial charge on any atom is 0.349 e. The summed E-state index contributed by atoms with van der Waals surface area (Å²) in [6.45, 7) is 6.88. The molecule has 0 bridgehead atoms. The first-order valence-electron chi connectivity index (χ1n) is 6.60. The largest absolute Gasteiger partial charge is 0.368 e. The third kappa shape index (κ3) is 2.89. The van der Waals surface area contributed by atoms with Crippen LogP contribution in [0.1, 0.15) is 58.2 Å². The molecular weight excluding hydrogens is 228 g/mol. The summed E-state index contributed by atoms with van der Waals surface area (Å²) in [5.41, 5.74) is 5.49. The number of nitrogen functional groups attached to an aromatic ring is 1. The van der Waals surface area contributed by atoms with Gasteiger partial charge in [-0.1, -0.05) is 20.8 Å². The molecule has 3 N–H and O–H groups in total. The Morgan fingerprint density at radius 2 is 1.78 bits per heavy atom. The second kappa shape index (κ2) is 4.71. The van der Waals surface area contributed by atoms with Crippen LogP contribution < -0.4 is 11.4 Å². The maximum atomic E-state index is 11.3. The van der Waals surface area contributed by atoms with E-state index in [0.717, 1.165) is 18.8 Å². The number of hydrogen-bond donors (Lipinski definition) is 2. The van der Waals surface area contributed by atoms with Crippen molar-refractivity contribution in [3.63, 3.8) is 0 Å². The van der Waals surface area contributed by atoms with Gasteiger partial charge in [0.25, 0.3) is 0 Å². The lowest BCUT2D eigenvalue weighted by atomic mass is 9.70. The fourth-order valence-corrected chi connectivity index (χ4v) is 2.84. The lowest BCUT2D eigenvalue weighted by Crippen LogP contribution is -2.27. The van der Waals surface area contributed by atoms with Gasteiger partial charge in [0.05, 0.1) is 0 Å². The first-order valence-corrected chi connectivity index (χ1v) is 6.60. The van der Waals surface area contributed by atoms with E-state index in [2.05, 4.69) is 35.7 Å². The van der Waals surface area contributed by atoms with Gasteiger partial charge in [-0.15, -0.1) is 0 Å². The highest BCUT2D eigenvalue weighted by molar-refractivity contribution is 5.14. The summed E-state index contributed by atoms with van der Waals surface area (Å²) in [6.07, 6.45) is 4.49. The van der Waals surface area contributed by atoms with E-state index >= 15 is 0 Å². The van der Waals surface area contributed by atoms with Gasteiger partial charge in [-0.25, -0.2) is 4.79 Å². The molecule has 1 fully saturated rings. The zero-order valence-corrected chi connectivity index (χ0v) is 11.4. The van der Waals surface area contributed by atoms with Crippen molar-refractivity contribution in [1.82, 2.24) is 15.0 Å². The molecule has 0 amide bonds. The van der Waals surface area contributed by atoms with Crippen LogP contribution in [-0.4, -0.2) is 15.0 Å². The molecule has 0 aromatic carbocycles. The summed E-state index contributed by atoms with van der Waals surface area (Å²) >= 11 is 0. The van der Waals surface area contributed by atoms with E-state index in [1.165, 1.54) is 12.8 Å². The standard InChI is InChI=1S/C13H22N4O/c1-13(2,3)9-6-4-8(5-7-9)10-15-11(14)17-12(18)16-10/h8-9H,4-7H2,1-3H3,(H3,14,15,16,17,18). The number of rotatable bonds is 1. The molecule has 100 valence electrons. The fraction of sp³-hybridized carbons (Fsp3) is 0.769. The lowest BCUT2D eigenvalue weighted by Gasteiger charge is -2.36. The summed E-state index contributed by atoms with van der Waals surface area (Å²) in [6, 6.07) is 0. The van der Waals surface area contributed by atoms with Crippen LogP contribution in [0.2, 0.25) is 0 Å². The van der Waals surface area contributed by atoms with E-state index in [1.807, 2.05) is 0 Å². The second-order valence-electron chi connectivity index (χ2n) is 6.31. The molecule has 1 aromatic heterocycles. The summed E-state index contributed by atoms with van der Waals surface area (Å²) in [5, 5.41) is 0. The van der Waals surface area contributed by atoms with E-state index in [1.54, 1.807) is 0 Å². The van der Waals surface area contributed by atoms with Gasteiger partial charge in [0, 0.05) is 5.92 Å². The van der Waals surface area contributed by atoms with Gasteiger partial charge in [0.1, 0.15) is 5.82 Å². The number of H-pyrrole nitrogens is 1. The Labute approximate surface area is 107 Å². The van der Waals surface area contributed by atoms with Gasteiger partial charge >= 0.3 is 5.69 Å². The minimum atomic E-state index is -0.393. The Kier molecular flexibility index (Phi) is 3.41. The second-order valence-corrected chi connectivity index (χ2v) is 6.31. The lowest BCUT2D eigenvalue weighted by molar-refractivity contribution is 0.167. The number of aromatic amines is 1. The fourth-order valence-electron chi connectivity index (χ4n) is 2.84. The van der Waals surface area contributed by atoms with Crippen LogP contribution in [0.4, 0.5) is 5.95 Å². The Morgan fingerprint density at radius 3 is 2.28 bits per heavy atom. The third-order valence-electron chi connectivity index (χ3n) is 4.02. The third-order valence-corrected chi connectivity index (χ3v) is 4.02. The van der Waals surface area contributed by atoms with Crippen molar-refractivity contribution in [3.8, 4) is 0 Å². The van der Waals surface area contributed by atoms with Crippen molar-refractivity contribution in [1.29, 1.82) is 0 Å². The quantitative estimate of drug-likeness (QED) is 0.799. The van der Waals surface area contributed by atoms with Crippen LogP contribution in [0.15, 0.2) is 4.79 Å². The molecule has 1 saturated carbocycles. The first-order chi connectivity index (χ1) is 8.36. The minimum absolute atomic E-state index is 0.0756. The number of nitrogens with one attached hydrogen (secondary N) is 1. The molecule has 0 spiro atoms. The van der Waals surface area contributed by atoms with Crippen molar-refractivity contribution in [3.05, 3.63) is 16.3 Å². The predicted molar refractivity (Wildman–Crippen MR) is 71.2 cm³/mol. The van der Waals surface area contributed by atoms with Crippen molar-refractivity contribution >= 4 is 5.95 Å².